The molecule has 38 heavy (non-hydrogen) atoms. The second-order valence-corrected chi connectivity index (χ2v) is 9.07. The number of carboxylic acids is 1. The summed E-state index contributed by atoms with van der Waals surface area (Å²) in [4.78, 5) is 52.6. The van der Waals surface area contributed by atoms with Gasteiger partial charge in [0, 0.05) is 23.9 Å². The van der Waals surface area contributed by atoms with Gasteiger partial charge in [-0.15, -0.1) is 0 Å². The number of carbonyl (C=O) groups excluding carboxylic acids is 3. The lowest BCUT2D eigenvalue weighted by atomic mass is 9.82. The number of likely N-dealkylation sites (tertiary alicyclic amines) is 1. The van der Waals surface area contributed by atoms with Crippen molar-refractivity contribution >= 4 is 23.8 Å². The van der Waals surface area contributed by atoms with E-state index >= 15 is 0 Å². The molecule has 0 spiro atoms. The molecule has 0 bridgehead atoms. The Kier molecular flexibility index (Phi) is 8.53. The van der Waals surface area contributed by atoms with Crippen molar-refractivity contribution in [3.8, 4) is 11.1 Å². The van der Waals surface area contributed by atoms with Crippen LogP contribution in [0.15, 0.2) is 84.9 Å². The molecule has 1 heterocycles. The first-order valence-electron chi connectivity index (χ1n) is 12.4. The largest absolute Gasteiger partial charge is 0.481 e. The SMILES string of the molecule is CCOC(=O)[C@@H]1[C@@H](CC(=O)O)[C@@H](C(=O)c2ccc(-c3ccccc3)cc2)CN1C(=O)OCc1ccccc1. The van der Waals surface area contributed by atoms with Crippen molar-refractivity contribution in [1.82, 2.24) is 4.90 Å². The van der Waals surface area contributed by atoms with Gasteiger partial charge in [-0.1, -0.05) is 84.9 Å². The summed E-state index contributed by atoms with van der Waals surface area (Å²) in [6.45, 7) is 1.47. The van der Waals surface area contributed by atoms with E-state index in [0.29, 0.717) is 5.56 Å². The van der Waals surface area contributed by atoms with Crippen LogP contribution in [0.4, 0.5) is 4.79 Å². The summed E-state index contributed by atoms with van der Waals surface area (Å²) in [5, 5.41) is 9.61. The summed E-state index contributed by atoms with van der Waals surface area (Å²) in [5.74, 6) is -4.18. The molecule has 1 aliphatic rings. The maximum atomic E-state index is 13.6. The summed E-state index contributed by atoms with van der Waals surface area (Å²) in [7, 11) is 0. The zero-order chi connectivity index (χ0) is 27.1. The lowest BCUT2D eigenvalue weighted by Gasteiger charge is -2.25. The van der Waals surface area contributed by atoms with Crippen molar-refractivity contribution in [2.45, 2.75) is 26.0 Å². The molecule has 3 atom stereocenters. The lowest BCUT2D eigenvalue weighted by molar-refractivity contribution is -0.150. The Morgan fingerprint density at radius 1 is 0.842 bits per heavy atom. The topological polar surface area (TPSA) is 110 Å². The molecule has 1 N–H and O–H groups in total. The van der Waals surface area contributed by atoms with E-state index in [0.717, 1.165) is 21.6 Å². The molecule has 1 amide bonds. The fraction of sp³-hybridized carbons (Fsp3) is 0.267. The first-order valence-corrected chi connectivity index (χ1v) is 12.4. The van der Waals surface area contributed by atoms with Crippen molar-refractivity contribution in [1.29, 1.82) is 0 Å². The number of Topliss-reactive ketones (excluding diaryl/α,β-unsaturated/α-hetero) is 1. The quantitative estimate of drug-likeness (QED) is 0.321. The number of esters is 1. The smallest absolute Gasteiger partial charge is 0.410 e. The predicted octanol–water partition coefficient (Wildman–Crippen LogP) is 4.83. The summed E-state index contributed by atoms with van der Waals surface area (Å²) < 4.78 is 10.6. The van der Waals surface area contributed by atoms with Crippen molar-refractivity contribution in [3.05, 3.63) is 96.1 Å². The molecule has 0 radical (unpaired) electrons. The molecule has 3 aromatic carbocycles. The fourth-order valence-electron chi connectivity index (χ4n) is 4.84. The van der Waals surface area contributed by atoms with Crippen molar-refractivity contribution in [3.63, 3.8) is 0 Å². The van der Waals surface area contributed by atoms with Gasteiger partial charge in [0.25, 0.3) is 0 Å². The third-order valence-electron chi connectivity index (χ3n) is 6.64. The number of rotatable bonds is 9. The molecule has 0 saturated carbocycles. The number of carbonyl (C=O) groups is 4. The number of nitrogens with zero attached hydrogens (tertiary/aromatic N) is 1. The number of hydrogen-bond donors (Lipinski definition) is 1. The molecule has 3 aromatic rings. The predicted molar refractivity (Wildman–Crippen MR) is 139 cm³/mol. The van der Waals surface area contributed by atoms with E-state index < -0.39 is 42.3 Å². The molecule has 196 valence electrons. The molecular weight excluding hydrogens is 486 g/mol. The number of benzene rings is 3. The fourth-order valence-corrected chi connectivity index (χ4v) is 4.84. The van der Waals surface area contributed by atoms with Crippen LogP contribution in [0.5, 0.6) is 0 Å². The highest BCUT2D eigenvalue weighted by atomic mass is 16.6. The Morgan fingerprint density at radius 2 is 1.45 bits per heavy atom. The number of aliphatic carboxylic acids is 1. The van der Waals surface area contributed by atoms with Gasteiger partial charge in [0.1, 0.15) is 12.6 Å². The molecule has 1 saturated heterocycles. The van der Waals surface area contributed by atoms with Gasteiger partial charge in [-0.2, -0.15) is 0 Å². The van der Waals surface area contributed by atoms with Gasteiger partial charge in [-0.3, -0.25) is 14.5 Å². The third-order valence-corrected chi connectivity index (χ3v) is 6.64. The maximum absolute atomic E-state index is 13.6. The van der Waals surface area contributed by atoms with E-state index in [-0.39, 0.29) is 25.5 Å². The average molecular weight is 516 g/mol. The molecule has 0 aromatic heterocycles. The number of ether oxygens (including phenoxy) is 2. The first kappa shape index (κ1) is 26.6. The molecular formula is C30H29NO7. The molecule has 0 unspecified atom stereocenters. The van der Waals surface area contributed by atoms with Crippen molar-refractivity contribution < 1.29 is 33.8 Å². The Labute approximate surface area is 220 Å². The van der Waals surface area contributed by atoms with Crippen LogP contribution in [0.2, 0.25) is 0 Å². The minimum absolute atomic E-state index is 0.0329. The van der Waals surface area contributed by atoms with Crippen LogP contribution in [0.25, 0.3) is 11.1 Å². The summed E-state index contributed by atoms with van der Waals surface area (Å²) >= 11 is 0. The normalized spacial score (nSPS) is 18.6. The van der Waals surface area contributed by atoms with Gasteiger partial charge < -0.3 is 14.6 Å². The van der Waals surface area contributed by atoms with E-state index in [2.05, 4.69) is 0 Å². The number of carboxylic acid groups (broad SMARTS) is 1. The third kappa shape index (κ3) is 6.08. The monoisotopic (exact) mass is 515 g/mol. The minimum Gasteiger partial charge on any atom is -0.481 e. The standard InChI is InChI=1S/C30H29NO7/c1-2-37-29(35)27-24(17-26(32)33)25(18-31(27)30(36)38-19-20-9-5-3-6-10-20)28(34)23-15-13-22(14-16-23)21-11-7-4-8-12-21/h3-16,24-25,27H,2,17-19H2,1H3,(H,32,33)/t24-,25-,27-/m0/s1. The van der Waals surface area contributed by atoms with E-state index in [1.54, 1.807) is 43.3 Å². The maximum Gasteiger partial charge on any atom is 0.410 e. The van der Waals surface area contributed by atoms with Crippen LogP contribution in [0.1, 0.15) is 29.3 Å². The van der Waals surface area contributed by atoms with Gasteiger partial charge in [0.15, 0.2) is 5.78 Å². The van der Waals surface area contributed by atoms with Gasteiger partial charge in [0.05, 0.1) is 13.0 Å². The van der Waals surface area contributed by atoms with Gasteiger partial charge >= 0.3 is 18.0 Å². The molecule has 4 rings (SSSR count). The number of ketones is 1. The van der Waals surface area contributed by atoms with Crippen molar-refractivity contribution in [2.24, 2.45) is 11.8 Å². The van der Waals surface area contributed by atoms with Crippen LogP contribution in [0.3, 0.4) is 0 Å². The molecule has 0 aliphatic carbocycles. The molecule has 8 nitrogen and oxygen atoms in total. The van der Waals surface area contributed by atoms with Crippen LogP contribution in [0, 0.1) is 11.8 Å². The lowest BCUT2D eigenvalue weighted by Crippen LogP contribution is -2.45. The van der Waals surface area contributed by atoms with Gasteiger partial charge in [-0.05, 0) is 23.6 Å². The van der Waals surface area contributed by atoms with E-state index in [4.69, 9.17) is 9.47 Å². The summed E-state index contributed by atoms with van der Waals surface area (Å²) in [6, 6.07) is 24.4. The second kappa shape index (κ2) is 12.2. The Balaban J connectivity index is 1.60. The van der Waals surface area contributed by atoms with Crippen molar-refractivity contribution in [2.75, 3.05) is 13.2 Å². The first-order chi connectivity index (χ1) is 18.4. The molecule has 1 fully saturated rings. The van der Waals surface area contributed by atoms with E-state index in [1.165, 1.54) is 0 Å². The number of amides is 1. The average Bonchev–Trinajstić information content (AvgIpc) is 3.31. The zero-order valence-corrected chi connectivity index (χ0v) is 21.0. The van der Waals surface area contributed by atoms with Gasteiger partial charge in [0.2, 0.25) is 0 Å². The van der Waals surface area contributed by atoms with Crippen LogP contribution >= 0.6 is 0 Å². The Hall–Kier alpha value is -4.46. The van der Waals surface area contributed by atoms with Crippen LogP contribution < -0.4 is 0 Å². The van der Waals surface area contributed by atoms with Crippen LogP contribution in [-0.4, -0.2) is 53.0 Å². The highest BCUT2D eigenvalue weighted by Crippen LogP contribution is 2.36. The minimum atomic E-state index is -1.26. The van der Waals surface area contributed by atoms with E-state index in [9.17, 15) is 24.3 Å². The summed E-state index contributed by atoms with van der Waals surface area (Å²) in [6.07, 6.45) is -1.29. The van der Waals surface area contributed by atoms with Crippen LogP contribution in [-0.2, 0) is 25.7 Å². The number of hydrogen-bond acceptors (Lipinski definition) is 6. The summed E-state index contributed by atoms with van der Waals surface area (Å²) in [5.41, 5.74) is 3.03. The van der Waals surface area contributed by atoms with E-state index in [1.807, 2.05) is 48.5 Å². The zero-order valence-electron chi connectivity index (χ0n) is 21.0. The molecule has 1 aliphatic heterocycles. The highest BCUT2D eigenvalue weighted by Gasteiger charge is 2.52. The Bertz CT molecular complexity index is 1270. The highest BCUT2D eigenvalue weighted by molar-refractivity contribution is 6.00. The van der Waals surface area contributed by atoms with Gasteiger partial charge in [-0.25, -0.2) is 9.59 Å². The Morgan fingerprint density at radius 3 is 2.05 bits per heavy atom. The molecule has 8 heteroatoms. The second-order valence-electron chi connectivity index (χ2n) is 9.07.